The van der Waals surface area contributed by atoms with Gasteiger partial charge in [0.25, 0.3) is 5.69 Å². The molecule has 2 aliphatic carbocycles. The smallest absolute Gasteiger partial charge is 0.276 e. The van der Waals surface area contributed by atoms with E-state index in [2.05, 4.69) is 44.2 Å². The molecule has 0 aromatic heterocycles. The van der Waals surface area contributed by atoms with Gasteiger partial charge in [0, 0.05) is 11.2 Å². The third kappa shape index (κ3) is 2.21. The van der Waals surface area contributed by atoms with Crippen LogP contribution in [-0.2, 0) is 0 Å². The topological polar surface area (TPSA) is 32.5 Å². The number of allylic oxidation sites excluding steroid dienone is 2. The highest BCUT2D eigenvalue weighted by Crippen LogP contribution is 2.51. The van der Waals surface area contributed by atoms with Gasteiger partial charge in [0.2, 0.25) is 5.71 Å². The van der Waals surface area contributed by atoms with E-state index in [0.29, 0.717) is 5.41 Å². The van der Waals surface area contributed by atoms with Crippen molar-refractivity contribution in [3.63, 3.8) is 0 Å². The van der Waals surface area contributed by atoms with Crippen LogP contribution in [0.15, 0.2) is 24.3 Å². The zero-order chi connectivity index (χ0) is 17.2. The first-order valence-electron chi connectivity index (χ1n) is 9.62. The van der Waals surface area contributed by atoms with Crippen molar-refractivity contribution in [1.82, 2.24) is 0 Å². The second-order valence-electron chi connectivity index (χ2n) is 8.65. The standard InChI is InChI=1S/C22H26NO2/c1-21(2)12-8-16-19(25-21)7-6-15-17-14-22(10-4-3-5-11-22)13-9-18(17)23(24)20(15)16/h6-8,12,14,24H,3-5,9-11,13H2,1-2H3/q+1. The number of rotatable bonds is 0. The molecule has 25 heavy (non-hydrogen) atoms. The van der Waals surface area contributed by atoms with E-state index in [-0.39, 0.29) is 5.60 Å². The van der Waals surface area contributed by atoms with E-state index in [1.165, 1.54) is 48.8 Å². The Labute approximate surface area is 149 Å². The van der Waals surface area contributed by atoms with Crippen LogP contribution in [0.25, 0.3) is 11.6 Å². The van der Waals surface area contributed by atoms with Crippen molar-refractivity contribution in [2.24, 2.45) is 5.41 Å². The van der Waals surface area contributed by atoms with Gasteiger partial charge in [-0.15, -0.1) is 0 Å². The lowest BCUT2D eigenvalue weighted by molar-refractivity contribution is -0.711. The zero-order valence-electron chi connectivity index (χ0n) is 15.1. The van der Waals surface area contributed by atoms with E-state index >= 15 is 0 Å². The van der Waals surface area contributed by atoms with Gasteiger partial charge in [0.05, 0.1) is 16.7 Å². The van der Waals surface area contributed by atoms with E-state index < -0.39 is 0 Å². The fourth-order valence-corrected chi connectivity index (χ4v) is 5.09. The highest BCUT2D eigenvalue weighted by Gasteiger charge is 2.45. The second kappa shape index (κ2) is 5.00. The maximum atomic E-state index is 10.9. The Hall–Kier alpha value is -2.03. The fourth-order valence-electron chi connectivity index (χ4n) is 5.09. The first kappa shape index (κ1) is 15.2. The van der Waals surface area contributed by atoms with Crippen LogP contribution in [0.4, 0.5) is 5.69 Å². The summed E-state index contributed by atoms with van der Waals surface area (Å²) >= 11 is 0. The number of hydrogen-bond donors (Lipinski definition) is 1. The molecule has 0 amide bonds. The predicted octanol–water partition coefficient (Wildman–Crippen LogP) is 5.49. The van der Waals surface area contributed by atoms with Gasteiger partial charge in [-0.2, -0.15) is 0 Å². The fraction of sp³-hybridized carbons (Fsp3) is 0.500. The van der Waals surface area contributed by atoms with Crippen LogP contribution in [0.2, 0.25) is 0 Å². The molecule has 3 nitrogen and oxygen atoms in total. The Morgan fingerprint density at radius 1 is 1.08 bits per heavy atom. The molecule has 1 spiro atoms. The molecule has 1 N–H and O–H groups in total. The molecule has 2 aliphatic heterocycles. The van der Waals surface area contributed by atoms with E-state index in [0.717, 1.165) is 34.7 Å². The zero-order valence-corrected chi connectivity index (χ0v) is 15.1. The SMILES string of the molecule is CC1(C)C=Cc2c(ccc3c2[N+](O)=C2CCC4(C=C23)CCCCC4)O1. The number of hydrogen-bond acceptors (Lipinski definition) is 2. The Bertz CT molecular complexity index is 851. The van der Waals surface area contributed by atoms with Crippen molar-refractivity contribution in [3.05, 3.63) is 35.4 Å². The Morgan fingerprint density at radius 2 is 1.88 bits per heavy atom. The van der Waals surface area contributed by atoms with E-state index in [1.54, 1.807) is 0 Å². The van der Waals surface area contributed by atoms with Crippen LogP contribution in [-0.4, -0.2) is 21.3 Å². The average Bonchev–Trinajstić information content (AvgIpc) is 2.86. The molecule has 0 unspecified atom stereocenters. The largest absolute Gasteiger partial charge is 0.483 e. The Kier molecular flexibility index (Phi) is 3.05. The molecule has 3 heteroatoms. The quantitative estimate of drug-likeness (QED) is 0.502. The summed E-state index contributed by atoms with van der Waals surface area (Å²) in [5.74, 6) is 0.859. The van der Waals surface area contributed by atoms with E-state index in [9.17, 15) is 5.21 Å². The number of ether oxygens (including phenoxy) is 1. The van der Waals surface area contributed by atoms with Crippen molar-refractivity contribution in [3.8, 4) is 5.75 Å². The maximum absolute atomic E-state index is 10.9. The molecule has 1 aromatic rings. The van der Waals surface area contributed by atoms with Crippen molar-refractivity contribution in [2.75, 3.05) is 0 Å². The van der Waals surface area contributed by atoms with Gasteiger partial charge >= 0.3 is 0 Å². The predicted molar refractivity (Wildman–Crippen MR) is 99.6 cm³/mol. The molecule has 0 bridgehead atoms. The van der Waals surface area contributed by atoms with Gasteiger partial charge in [-0.3, -0.25) is 5.21 Å². The molecule has 0 saturated heterocycles. The van der Waals surface area contributed by atoms with Crippen LogP contribution in [0, 0.1) is 5.41 Å². The van der Waals surface area contributed by atoms with E-state index in [4.69, 9.17) is 4.74 Å². The molecule has 1 saturated carbocycles. The minimum Gasteiger partial charge on any atom is -0.483 e. The number of nitrogens with zero attached hydrogens (tertiary/aromatic N) is 1. The lowest BCUT2D eigenvalue weighted by atomic mass is 9.66. The summed E-state index contributed by atoms with van der Waals surface area (Å²) in [4.78, 5) is 0. The van der Waals surface area contributed by atoms with Gasteiger partial charge in [0.15, 0.2) is 0 Å². The summed E-state index contributed by atoms with van der Waals surface area (Å²) in [7, 11) is 0. The van der Waals surface area contributed by atoms with Crippen LogP contribution in [0.1, 0.15) is 69.9 Å². The molecule has 4 aliphatic rings. The number of benzene rings is 1. The third-order valence-corrected chi connectivity index (χ3v) is 6.43. The van der Waals surface area contributed by atoms with Crippen molar-refractivity contribution < 1.29 is 14.7 Å². The van der Waals surface area contributed by atoms with Gasteiger partial charge in [-0.25, -0.2) is 0 Å². The summed E-state index contributed by atoms with van der Waals surface area (Å²) in [6.45, 7) is 4.11. The first-order valence-corrected chi connectivity index (χ1v) is 9.62. The summed E-state index contributed by atoms with van der Waals surface area (Å²) in [6.07, 6.45) is 15.4. The Balaban J connectivity index is 1.66. The van der Waals surface area contributed by atoms with Gasteiger partial charge in [0.1, 0.15) is 11.4 Å². The highest BCUT2D eigenvalue weighted by atomic mass is 16.5. The normalized spacial score (nSPS) is 25.1. The summed E-state index contributed by atoms with van der Waals surface area (Å²) in [6, 6.07) is 4.20. The lowest BCUT2D eigenvalue weighted by Gasteiger charge is -2.37. The van der Waals surface area contributed by atoms with Crippen LogP contribution < -0.4 is 4.74 Å². The maximum Gasteiger partial charge on any atom is 0.276 e. The minimum absolute atomic E-state index is 0.300. The first-order chi connectivity index (χ1) is 12.0. The van der Waals surface area contributed by atoms with Crippen molar-refractivity contribution >= 4 is 23.0 Å². The monoisotopic (exact) mass is 336 g/mol. The van der Waals surface area contributed by atoms with Gasteiger partial charge in [-0.05, 0) is 62.8 Å². The van der Waals surface area contributed by atoms with Gasteiger partial charge in [-0.1, -0.05) is 25.3 Å². The Morgan fingerprint density at radius 3 is 2.68 bits per heavy atom. The summed E-state index contributed by atoms with van der Waals surface area (Å²) in [5, 5.41) is 10.9. The van der Waals surface area contributed by atoms with Crippen LogP contribution in [0.3, 0.4) is 0 Å². The molecule has 1 aromatic carbocycles. The van der Waals surface area contributed by atoms with E-state index in [1.807, 2.05) is 0 Å². The van der Waals surface area contributed by atoms with Crippen LogP contribution >= 0.6 is 0 Å². The van der Waals surface area contributed by atoms with Crippen molar-refractivity contribution in [1.29, 1.82) is 0 Å². The second-order valence-corrected chi connectivity index (χ2v) is 8.65. The average molecular weight is 336 g/mol. The molecule has 0 atom stereocenters. The lowest BCUT2D eigenvalue weighted by Crippen LogP contribution is -2.28. The summed E-state index contributed by atoms with van der Waals surface area (Å²) < 4.78 is 7.54. The molecule has 130 valence electrons. The highest BCUT2D eigenvalue weighted by molar-refractivity contribution is 6.26. The molecular formula is C22H26NO2+. The molecule has 1 fully saturated rings. The van der Waals surface area contributed by atoms with Gasteiger partial charge < -0.3 is 4.74 Å². The molecule has 0 radical (unpaired) electrons. The summed E-state index contributed by atoms with van der Waals surface area (Å²) in [5.41, 5.74) is 5.44. The molecule has 5 rings (SSSR count). The molecular weight excluding hydrogens is 310 g/mol. The van der Waals surface area contributed by atoms with Crippen LogP contribution in [0.5, 0.6) is 5.75 Å². The minimum atomic E-state index is -0.300. The number of fused-ring (bicyclic) bond motifs is 5. The molecule has 2 heterocycles. The third-order valence-electron chi connectivity index (χ3n) is 6.43. The van der Waals surface area contributed by atoms with Crippen molar-refractivity contribution in [2.45, 2.75) is 64.4 Å².